The molecule has 0 N–H and O–H groups in total. The molecule has 1 fully saturated rings. The van der Waals surface area contributed by atoms with Crippen molar-refractivity contribution in [3.8, 4) is 0 Å². The van der Waals surface area contributed by atoms with Crippen molar-refractivity contribution in [3.63, 3.8) is 0 Å². The number of piperazine rings is 1. The first-order valence-electron chi connectivity index (χ1n) is 9.47. The number of rotatable bonds is 6. The Balaban J connectivity index is 1.34. The van der Waals surface area contributed by atoms with Gasteiger partial charge in [-0.05, 0) is 36.4 Å². The van der Waals surface area contributed by atoms with E-state index in [0.29, 0.717) is 16.3 Å². The Kier molecular flexibility index (Phi) is 6.32. The summed E-state index contributed by atoms with van der Waals surface area (Å²) in [6.45, 7) is 3.70. The van der Waals surface area contributed by atoms with Crippen molar-refractivity contribution in [3.05, 3.63) is 77.6 Å². The van der Waals surface area contributed by atoms with Gasteiger partial charge < -0.3 is 9.80 Å². The van der Waals surface area contributed by atoms with Gasteiger partial charge in [0.15, 0.2) is 5.78 Å². The van der Waals surface area contributed by atoms with Crippen LogP contribution >= 0.6 is 23.4 Å². The van der Waals surface area contributed by atoms with Gasteiger partial charge in [0.05, 0.1) is 5.75 Å². The summed E-state index contributed by atoms with van der Waals surface area (Å²) in [5, 5.41) is 1.44. The number of carbonyl (C=O) groups excluding carboxylic acids is 1. The highest BCUT2D eigenvalue weighted by atomic mass is 35.5. The standard InChI is InChI=1S/C22H21ClN4OS/c23-18-8-6-17(7-9-18)20(28)15-29-22-14-21(24-16-25-22)27-12-10-26(11-13-27)19-4-2-1-3-5-19/h1-9,14,16H,10-13,15H2. The minimum Gasteiger partial charge on any atom is -0.368 e. The van der Waals surface area contributed by atoms with Crippen molar-refractivity contribution in [1.82, 2.24) is 9.97 Å². The molecule has 0 amide bonds. The molecule has 0 spiro atoms. The molecule has 148 valence electrons. The van der Waals surface area contributed by atoms with Crippen LogP contribution in [0.25, 0.3) is 0 Å². The molecule has 0 aliphatic carbocycles. The number of hydrogen-bond acceptors (Lipinski definition) is 6. The number of ketones is 1. The maximum atomic E-state index is 12.4. The molecular formula is C22H21ClN4OS. The SMILES string of the molecule is O=C(CSc1cc(N2CCN(c3ccccc3)CC2)ncn1)c1ccc(Cl)cc1. The Bertz CT molecular complexity index is 960. The third-order valence-electron chi connectivity index (χ3n) is 4.87. The molecule has 7 heteroatoms. The second-order valence-electron chi connectivity index (χ2n) is 6.74. The molecule has 0 atom stereocenters. The van der Waals surface area contributed by atoms with Crippen LogP contribution in [0.15, 0.2) is 72.0 Å². The highest BCUT2D eigenvalue weighted by Crippen LogP contribution is 2.23. The predicted octanol–water partition coefficient (Wildman–Crippen LogP) is 4.43. The lowest BCUT2D eigenvalue weighted by atomic mass is 10.1. The molecule has 0 unspecified atom stereocenters. The molecule has 0 radical (unpaired) electrons. The Labute approximate surface area is 179 Å². The Morgan fingerprint density at radius 2 is 1.62 bits per heavy atom. The first kappa shape index (κ1) is 19.7. The number of anilines is 2. The number of thioether (sulfide) groups is 1. The summed E-state index contributed by atoms with van der Waals surface area (Å²) >= 11 is 7.32. The summed E-state index contributed by atoms with van der Waals surface area (Å²) in [6, 6.07) is 19.4. The smallest absolute Gasteiger partial charge is 0.173 e. The first-order chi connectivity index (χ1) is 14.2. The molecule has 2 aromatic carbocycles. The predicted molar refractivity (Wildman–Crippen MR) is 119 cm³/mol. The van der Waals surface area contributed by atoms with Crippen LogP contribution in [-0.2, 0) is 0 Å². The maximum absolute atomic E-state index is 12.4. The van der Waals surface area contributed by atoms with E-state index in [1.165, 1.54) is 17.4 Å². The Morgan fingerprint density at radius 1 is 0.931 bits per heavy atom. The minimum atomic E-state index is 0.0586. The largest absolute Gasteiger partial charge is 0.368 e. The van der Waals surface area contributed by atoms with Gasteiger partial charge >= 0.3 is 0 Å². The Morgan fingerprint density at radius 3 is 2.34 bits per heavy atom. The summed E-state index contributed by atoms with van der Waals surface area (Å²) in [5.41, 5.74) is 1.92. The second-order valence-corrected chi connectivity index (χ2v) is 8.17. The van der Waals surface area contributed by atoms with E-state index >= 15 is 0 Å². The van der Waals surface area contributed by atoms with Crippen molar-refractivity contribution in [2.75, 3.05) is 41.7 Å². The van der Waals surface area contributed by atoms with Gasteiger partial charge in [-0.2, -0.15) is 0 Å². The monoisotopic (exact) mass is 424 g/mol. The van der Waals surface area contributed by atoms with E-state index in [1.807, 2.05) is 12.1 Å². The van der Waals surface area contributed by atoms with Crippen molar-refractivity contribution < 1.29 is 4.79 Å². The van der Waals surface area contributed by atoms with Crippen molar-refractivity contribution in [2.45, 2.75) is 5.03 Å². The van der Waals surface area contributed by atoms with Crippen LogP contribution in [0.3, 0.4) is 0 Å². The van der Waals surface area contributed by atoms with Crippen molar-refractivity contribution in [1.29, 1.82) is 0 Å². The molecule has 1 saturated heterocycles. The third-order valence-corrected chi connectivity index (χ3v) is 6.05. The van der Waals surface area contributed by atoms with Gasteiger partial charge in [-0.3, -0.25) is 4.79 Å². The van der Waals surface area contributed by atoms with E-state index in [9.17, 15) is 4.79 Å². The van der Waals surface area contributed by atoms with Crippen LogP contribution in [0, 0.1) is 0 Å². The molecule has 1 aliphatic rings. The fourth-order valence-corrected chi connectivity index (χ4v) is 4.15. The number of hydrogen-bond donors (Lipinski definition) is 0. The number of halogens is 1. The van der Waals surface area contributed by atoms with Gasteiger partial charge in [0.25, 0.3) is 0 Å². The highest BCUT2D eigenvalue weighted by molar-refractivity contribution is 7.99. The molecule has 29 heavy (non-hydrogen) atoms. The van der Waals surface area contributed by atoms with Gasteiger partial charge in [0, 0.05) is 48.5 Å². The van der Waals surface area contributed by atoms with Gasteiger partial charge in [-0.15, -0.1) is 0 Å². The number of Topliss-reactive ketones (excluding diaryl/α,β-unsaturated/α-hetero) is 1. The molecule has 0 bridgehead atoms. The zero-order valence-electron chi connectivity index (χ0n) is 15.9. The lowest BCUT2D eigenvalue weighted by Gasteiger charge is -2.36. The number of carbonyl (C=O) groups is 1. The number of para-hydroxylation sites is 1. The molecule has 1 aromatic heterocycles. The van der Waals surface area contributed by atoms with Crippen LogP contribution < -0.4 is 9.80 Å². The zero-order valence-corrected chi connectivity index (χ0v) is 17.4. The van der Waals surface area contributed by atoms with Crippen LogP contribution in [-0.4, -0.2) is 47.7 Å². The summed E-state index contributed by atoms with van der Waals surface area (Å²) < 4.78 is 0. The first-order valence-corrected chi connectivity index (χ1v) is 10.8. The van der Waals surface area contributed by atoms with Crippen LogP contribution in [0.2, 0.25) is 5.02 Å². The lowest BCUT2D eigenvalue weighted by molar-refractivity contribution is 0.102. The summed E-state index contributed by atoms with van der Waals surface area (Å²) in [5.74, 6) is 1.30. The summed E-state index contributed by atoms with van der Waals surface area (Å²) in [4.78, 5) is 25.8. The van der Waals surface area contributed by atoms with E-state index in [0.717, 1.165) is 37.0 Å². The molecule has 2 heterocycles. The molecular weight excluding hydrogens is 404 g/mol. The van der Waals surface area contributed by atoms with Gasteiger partial charge in [0.1, 0.15) is 17.2 Å². The van der Waals surface area contributed by atoms with E-state index in [4.69, 9.17) is 11.6 Å². The average molecular weight is 425 g/mol. The topological polar surface area (TPSA) is 49.3 Å². The number of nitrogens with zero attached hydrogens (tertiary/aromatic N) is 4. The fourth-order valence-electron chi connectivity index (χ4n) is 3.27. The second kappa shape index (κ2) is 9.29. The zero-order chi connectivity index (χ0) is 20.1. The number of benzene rings is 2. The van der Waals surface area contributed by atoms with Crippen molar-refractivity contribution >= 4 is 40.7 Å². The Hall–Kier alpha value is -2.57. The highest BCUT2D eigenvalue weighted by Gasteiger charge is 2.19. The van der Waals surface area contributed by atoms with E-state index in [2.05, 4.69) is 44.0 Å². The van der Waals surface area contributed by atoms with Crippen molar-refractivity contribution in [2.24, 2.45) is 0 Å². The number of aromatic nitrogens is 2. The maximum Gasteiger partial charge on any atom is 0.173 e. The fraction of sp³-hybridized carbons (Fsp3) is 0.227. The lowest BCUT2D eigenvalue weighted by Crippen LogP contribution is -2.46. The van der Waals surface area contributed by atoms with Gasteiger partial charge in [0.2, 0.25) is 0 Å². The summed E-state index contributed by atoms with van der Waals surface area (Å²) in [6.07, 6.45) is 1.58. The molecule has 5 nitrogen and oxygen atoms in total. The van der Waals surface area contributed by atoms with Crippen LogP contribution in [0.5, 0.6) is 0 Å². The van der Waals surface area contributed by atoms with Gasteiger partial charge in [-0.1, -0.05) is 41.6 Å². The van der Waals surface area contributed by atoms with Gasteiger partial charge in [-0.25, -0.2) is 9.97 Å². The van der Waals surface area contributed by atoms with E-state index < -0.39 is 0 Å². The molecule has 3 aromatic rings. The van der Waals surface area contributed by atoms with Crippen LogP contribution in [0.1, 0.15) is 10.4 Å². The quantitative estimate of drug-likeness (QED) is 0.331. The summed E-state index contributed by atoms with van der Waals surface area (Å²) in [7, 11) is 0. The molecule has 4 rings (SSSR count). The normalized spacial score (nSPS) is 14.1. The third kappa shape index (κ3) is 5.08. The molecule has 0 saturated carbocycles. The average Bonchev–Trinajstić information content (AvgIpc) is 2.79. The minimum absolute atomic E-state index is 0.0586. The molecule has 1 aliphatic heterocycles. The van der Waals surface area contributed by atoms with Crippen LogP contribution in [0.4, 0.5) is 11.5 Å². The van der Waals surface area contributed by atoms with E-state index in [1.54, 1.807) is 30.6 Å². The van der Waals surface area contributed by atoms with E-state index in [-0.39, 0.29) is 5.78 Å².